The number of furan rings is 1. The normalized spacial score (nSPS) is 16.8. The largest absolute Gasteiger partial charge is 0.443 e. The predicted octanol–water partition coefficient (Wildman–Crippen LogP) is 5.40. The van der Waals surface area contributed by atoms with Crippen molar-refractivity contribution in [2.45, 2.75) is 43.0 Å². The third-order valence-electron chi connectivity index (χ3n) is 6.43. The Morgan fingerprint density at radius 3 is 2.61 bits per heavy atom. The second kappa shape index (κ2) is 9.91. The third kappa shape index (κ3) is 5.18. The Morgan fingerprint density at radius 1 is 1.05 bits per heavy atom. The molecule has 4 aromatic rings. The number of carbonyl (C=O) groups excluding carboxylic acids is 1. The van der Waals surface area contributed by atoms with Crippen molar-refractivity contribution in [1.29, 1.82) is 0 Å². The summed E-state index contributed by atoms with van der Waals surface area (Å²) in [5, 5.41) is -0.0395. The maximum absolute atomic E-state index is 13.5. The number of Topliss-reactive ketones (excluding diaryl/α,β-unsaturated/α-hetero) is 1. The van der Waals surface area contributed by atoms with E-state index in [1.54, 1.807) is 12.1 Å². The van der Waals surface area contributed by atoms with Crippen LogP contribution in [0.15, 0.2) is 70.4 Å². The van der Waals surface area contributed by atoms with Gasteiger partial charge in [0, 0.05) is 36.8 Å². The molecule has 198 valence electrons. The molecule has 1 fully saturated rings. The Kier molecular flexibility index (Phi) is 6.78. The minimum atomic E-state index is -4.49. The Bertz CT molecular complexity index is 1600. The molecular formula is C26H21F4N3O4S. The quantitative estimate of drug-likeness (QED) is 0.288. The summed E-state index contributed by atoms with van der Waals surface area (Å²) in [6.45, 7) is 0.156. The number of aromatic nitrogens is 2. The fraction of sp³-hybridized carbons (Fsp3) is 0.269. The van der Waals surface area contributed by atoms with Gasteiger partial charge in [-0.1, -0.05) is 0 Å². The van der Waals surface area contributed by atoms with E-state index in [4.69, 9.17) is 4.42 Å². The average Bonchev–Trinajstić information content (AvgIpc) is 3.55. The molecule has 0 aliphatic carbocycles. The maximum atomic E-state index is 13.5. The first-order valence-electron chi connectivity index (χ1n) is 11.7. The number of pyridine rings is 2. The number of hydrogen-bond acceptors (Lipinski definition) is 6. The van der Waals surface area contributed by atoms with E-state index in [1.807, 2.05) is 0 Å². The van der Waals surface area contributed by atoms with Crippen LogP contribution in [-0.4, -0.2) is 41.1 Å². The number of rotatable bonds is 7. The molecule has 0 radical (unpaired) electrons. The van der Waals surface area contributed by atoms with Crippen molar-refractivity contribution in [3.05, 3.63) is 77.9 Å². The smallest absolute Gasteiger partial charge is 0.417 e. The van der Waals surface area contributed by atoms with Crippen molar-refractivity contribution in [2.24, 2.45) is 0 Å². The second-order valence-electron chi connectivity index (χ2n) is 8.97. The number of halogens is 4. The first kappa shape index (κ1) is 26.0. The number of fused-ring (bicyclic) bond motifs is 1. The van der Waals surface area contributed by atoms with E-state index in [2.05, 4.69) is 9.97 Å². The van der Waals surface area contributed by atoms with Crippen LogP contribution in [0.3, 0.4) is 0 Å². The SMILES string of the molecule is O=C(CCc1ccnc(-c2ccc(C(F)(F)F)cn2)c1)[C@@H]1CCCN1S(=O)(=O)c1cc2cc(F)ccc2o1. The van der Waals surface area contributed by atoms with Crippen molar-refractivity contribution in [3.63, 3.8) is 0 Å². The lowest BCUT2D eigenvalue weighted by Crippen LogP contribution is -2.40. The highest BCUT2D eigenvalue weighted by Crippen LogP contribution is 2.32. The van der Waals surface area contributed by atoms with Gasteiger partial charge in [-0.05, 0) is 67.3 Å². The number of benzene rings is 1. The van der Waals surface area contributed by atoms with Crippen molar-refractivity contribution in [1.82, 2.24) is 14.3 Å². The highest BCUT2D eigenvalue weighted by atomic mass is 32.2. The van der Waals surface area contributed by atoms with Crippen LogP contribution in [0.1, 0.15) is 30.4 Å². The van der Waals surface area contributed by atoms with Gasteiger partial charge in [-0.15, -0.1) is 0 Å². The highest BCUT2D eigenvalue weighted by Gasteiger charge is 2.40. The van der Waals surface area contributed by atoms with Crippen LogP contribution in [0, 0.1) is 5.82 Å². The molecule has 7 nitrogen and oxygen atoms in total. The molecule has 4 heterocycles. The van der Waals surface area contributed by atoms with E-state index in [0.717, 1.165) is 16.6 Å². The standard InChI is InChI=1S/C26H21F4N3O4S/c27-19-5-8-24-17(13-19)14-25(37-24)38(35,36)33-11-1-2-22(33)23(34)7-3-16-9-10-31-21(12-16)20-6-4-18(15-32-20)26(28,29)30/h4-6,8-10,12-15,22H,1-3,7,11H2/t22-/m0/s1. The summed E-state index contributed by atoms with van der Waals surface area (Å²) in [4.78, 5) is 21.1. The summed E-state index contributed by atoms with van der Waals surface area (Å²) in [5.74, 6) is -0.788. The Labute approximate surface area is 215 Å². The molecule has 1 aliphatic heterocycles. The van der Waals surface area contributed by atoms with Crippen molar-refractivity contribution < 1.29 is 35.2 Å². The zero-order valence-electron chi connectivity index (χ0n) is 19.8. The van der Waals surface area contributed by atoms with Crippen LogP contribution < -0.4 is 0 Å². The number of ketones is 1. The molecule has 1 atom stereocenters. The lowest BCUT2D eigenvalue weighted by Gasteiger charge is -2.21. The number of carbonyl (C=O) groups is 1. The number of aryl methyl sites for hydroxylation is 1. The Hall–Kier alpha value is -3.64. The van der Waals surface area contributed by atoms with Crippen molar-refractivity contribution in [3.8, 4) is 11.4 Å². The zero-order chi connectivity index (χ0) is 27.1. The van der Waals surface area contributed by atoms with Gasteiger partial charge < -0.3 is 4.42 Å². The van der Waals surface area contributed by atoms with Gasteiger partial charge in [0.05, 0.1) is 23.0 Å². The third-order valence-corrected chi connectivity index (χ3v) is 8.20. The highest BCUT2D eigenvalue weighted by molar-refractivity contribution is 7.89. The first-order chi connectivity index (χ1) is 18.0. The molecule has 5 rings (SSSR count). The number of nitrogens with zero attached hydrogens (tertiary/aromatic N) is 3. The zero-order valence-corrected chi connectivity index (χ0v) is 20.6. The van der Waals surface area contributed by atoms with E-state index < -0.39 is 33.6 Å². The molecule has 1 aliphatic rings. The van der Waals surface area contributed by atoms with Gasteiger partial charge >= 0.3 is 6.18 Å². The summed E-state index contributed by atoms with van der Waals surface area (Å²) in [6, 6.07) is 9.55. The molecule has 0 unspecified atom stereocenters. The van der Waals surface area contributed by atoms with Crippen LogP contribution in [0.5, 0.6) is 0 Å². The minimum absolute atomic E-state index is 0.0475. The lowest BCUT2D eigenvalue weighted by atomic mass is 10.0. The maximum Gasteiger partial charge on any atom is 0.417 e. The molecule has 0 N–H and O–H groups in total. The summed E-state index contributed by atoms with van der Waals surface area (Å²) < 4.78 is 85.1. The van der Waals surface area contributed by atoms with Crippen LogP contribution in [-0.2, 0) is 27.4 Å². The molecule has 0 spiro atoms. The monoisotopic (exact) mass is 547 g/mol. The van der Waals surface area contributed by atoms with Gasteiger partial charge in [-0.25, -0.2) is 12.8 Å². The number of hydrogen-bond donors (Lipinski definition) is 0. The molecule has 1 saturated heterocycles. The second-order valence-corrected chi connectivity index (χ2v) is 10.8. The van der Waals surface area contributed by atoms with Crippen LogP contribution in [0.4, 0.5) is 17.6 Å². The molecule has 0 saturated carbocycles. The van der Waals surface area contributed by atoms with Gasteiger partial charge in [-0.2, -0.15) is 17.5 Å². The Morgan fingerprint density at radius 2 is 1.87 bits per heavy atom. The lowest BCUT2D eigenvalue weighted by molar-refractivity contribution is -0.137. The summed E-state index contributed by atoms with van der Waals surface area (Å²) >= 11 is 0. The Balaban J connectivity index is 1.28. The van der Waals surface area contributed by atoms with Crippen LogP contribution in [0.2, 0.25) is 0 Å². The molecule has 3 aromatic heterocycles. The van der Waals surface area contributed by atoms with Gasteiger partial charge in [0.1, 0.15) is 11.4 Å². The first-order valence-corrected chi connectivity index (χ1v) is 13.2. The number of sulfonamides is 1. The van der Waals surface area contributed by atoms with Gasteiger partial charge in [0.15, 0.2) is 5.78 Å². The summed E-state index contributed by atoms with van der Waals surface area (Å²) in [7, 11) is -4.12. The summed E-state index contributed by atoms with van der Waals surface area (Å²) in [5.41, 5.74) is 0.675. The topological polar surface area (TPSA) is 93.4 Å². The van der Waals surface area contributed by atoms with Crippen molar-refractivity contribution in [2.75, 3.05) is 6.54 Å². The molecule has 1 aromatic carbocycles. The van der Waals surface area contributed by atoms with Gasteiger partial charge in [0.25, 0.3) is 10.0 Å². The predicted molar refractivity (Wildman–Crippen MR) is 129 cm³/mol. The van der Waals surface area contributed by atoms with Gasteiger partial charge in [-0.3, -0.25) is 14.8 Å². The van der Waals surface area contributed by atoms with E-state index in [9.17, 15) is 30.8 Å². The van der Waals surface area contributed by atoms with Crippen LogP contribution in [0.25, 0.3) is 22.4 Å². The fourth-order valence-corrected chi connectivity index (χ4v) is 6.13. The van der Waals surface area contributed by atoms with Gasteiger partial charge in [0.2, 0.25) is 5.09 Å². The van der Waals surface area contributed by atoms with Crippen molar-refractivity contribution >= 4 is 26.8 Å². The van der Waals surface area contributed by atoms with E-state index in [-0.39, 0.29) is 41.5 Å². The number of alkyl halides is 3. The van der Waals surface area contributed by atoms with Crippen LogP contribution >= 0.6 is 0 Å². The van der Waals surface area contributed by atoms with E-state index >= 15 is 0 Å². The summed E-state index contributed by atoms with van der Waals surface area (Å²) in [6.07, 6.45) is -1.08. The van der Waals surface area contributed by atoms with E-state index in [0.29, 0.717) is 29.5 Å². The molecule has 38 heavy (non-hydrogen) atoms. The molecule has 12 heteroatoms. The molecule has 0 amide bonds. The van der Waals surface area contributed by atoms with E-state index in [1.165, 1.54) is 36.5 Å². The minimum Gasteiger partial charge on any atom is -0.443 e. The molecule has 0 bridgehead atoms. The fourth-order valence-electron chi connectivity index (χ4n) is 4.50. The molecular weight excluding hydrogens is 526 g/mol. The average molecular weight is 548 g/mol.